The minimum Gasteiger partial charge on any atom is -0.480 e. The van der Waals surface area contributed by atoms with Crippen molar-refractivity contribution >= 4 is 28.8 Å². The highest BCUT2D eigenvalue weighted by atomic mass is 19.4. The van der Waals surface area contributed by atoms with E-state index in [0.717, 1.165) is 16.3 Å². The molecule has 2 amide bonds. The Morgan fingerprint density at radius 1 is 1.07 bits per heavy atom. The SMILES string of the molecule is O=C(O)Cn1c(=O)c(=O)[nH]c2cc(C(F)(F)F)c(-n3ccc(CNC(=O)CCC(=O)NCCc4cnc[nH]4)c3)cc21. The standard InChI is InChI=1S/C25H24F3N7O6/c26-25(27,28)16-7-17-19(35(12-22(38)39)24(41)23(40)33-17)8-18(16)34-6-4-14(11-34)9-31-21(37)2-1-20(36)30-5-3-15-10-29-13-32-15/h4,6-8,10-11,13H,1-3,5,9,12H2,(H,29,32)(H,30,36)(H,31,37)(H,33,40)(H,38,39). The Bertz CT molecular complexity index is 1700. The molecule has 0 bridgehead atoms. The quantitative estimate of drug-likeness (QED) is 0.166. The maximum atomic E-state index is 14.0. The van der Waals surface area contributed by atoms with Crippen molar-refractivity contribution in [3.8, 4) is 5.69 Å². The minimum absolute atomic E-state index is 0.0424. The van der Waals surface area contributed by atoms with E-state index in [-0.39, 0.29) is 36.3 Å². The molecule has 0 saturated carbocycles. The second-order valence-corrected chi connectivity index (χ2v) is 9.00. The molecule has 5 N–H and O–H groups in total. The molecule has 0 unspecified atom stereocenters. The van der Waals surface area contributed by atoms with Crippen LogP contribution in [-0.4, -0.2) is 53.5 Å². The normalized spacial score (nSPS) is 11.5. The summed E-state index contributed by atoms with van der Waals surface area (Å²) in [5.74, 6) is -2.22. The highest BCUT2D eigenvalue weighted by molar-refractivity contribution is 5.83. The molecule has 3 heterocycles. The van der Waals surface area contributed by atoms with Crippen LogP contribution in [0.3, 0.4) is 0 Å². The lowest BCUT2D eigenvalue weighted by Crippen LogP contribution is -2.38. The zero-order valence-corrected chi connectivity index (χ0v) is 21.2. The molecule has 1 aromatic carbocycles. The van der Waals surface area contributed by atoms with Crippen LogP contribution in [-0.2, 0) is 40.1 Å². The number of H-pyrrole nitrogens is 2. The van der Waals surface area contributed by atoms with E-state index >= 15 is 0 Å². The molecule has 216 valence electrons. The summed E-state index contributed by atoms with van der Waals surface area (Å²) >= 11 is 0. The Kier molecular flexibility index (Phi) is 8.40. The second kappa shape index (κ2) is 11.9. The van der Waals surface area contributed by atoms with E-state index < -0.39 is 47.0 Å². The number of aliphatic carboxylic acids is 1. The number of hydrogen-bond acceptors (Lipinski definition) is 6. The molecule has 0 fully saturated rings. The number of carbonyl (C=O) groups excluding carboxylic acids is 2. The van der Waals surface area contributed by atoms with E-state index in [9.17, 15) is 37.1 Å². The van der Waals surface area contributed by atoms with Gasteiger partial charge in [-0.2, -0.15) is 13.2 Å². The van der Waals surface area contributed by atoms with Gasteiger partial charge in [0.15, 0.2) is 0 Å². The number of benzene rings is 1. The van der Waals surface area contributed by atoms with Crippen LogP contribution in [0, 0.1) is 0 Å². The summed E-state index contributed by atoms with van der Waals surface area (Å²) in [6.45, 7) is -0.609. The second-order valence-electron chi connectivity index (χ2n) is 9.00. The number of hydrogen-bond donors (Lipinski definition) is 5. The van der Waals surface area contributed by atoms with Crippen molar-refractivity contribution < 1.29 is 32.7 Å². The summed E-state index contributed by atoms with van der Waals surface area (Å²) in [6.07, 6.45) is 1.32. The van der Waals surface area contributed by atoms with Gasteiger partial charge in [-0.1, -0.05) is 0 Å². The topological polar surface area (TPSA) is 184 Å². The summed E-state index contributed by atoms with van der Waals surface area (Å²) in [5.41, 5.74) is -3.36. The van der Waals surface area contributed by atoms with Crippen LogP contribution in [0.4, 0.5) is 13.2 Å². The first-order valence-corrected chi connectivity index (χ1v) is 12.2. The van der Waals surface area contributed by atoms with Gasteiger partial charge in [0.2, 0.25) is 11.8 Å². The monoisotopic (exact) mass is 575 g/mol. The third kappa shape index (κ3) is 7.09. The van der Waals surface area contributed by atoms with Crippen LogP contribution in [0.15, 0.2) is 52.7 Å². The maximum absolute atomic E-state index is 14.0. The first-order valence-electron chi connectivity index (χ1n) is 12.2. The fourth-order valence-electron chi connectivity index (χ4n) is 4.10. The van der Waals surface area contributed by atoms with Crippen LogP contribution in [0.5, 0.6) is 0 Å². The molecular weight excluding hydrogens is 551 g/mol. The lowest BCUT2D eigenvalue weighted by molar-refractivity contribution is -0.138. The predicted molar refractivity (Wildman–Crippen MR) is 137 cm³/mol. The van der Waals surface area contributed by atoms with E-state index in [4.69, 9.17) is 5.11 Å². The van der Waals surface area contributed by atoms with Crippen molar-refractivity contribution in [2.75, 3.05) is 6.54 Å². The van der Waals surface area contributed by atoms with Gasteiger partial charge in [0.25, 0.3) is 0 Å². The van der Waals surface area contributed by atoms with E-state index in [2.05, 4.69) is 25.6 Å². The lowest BCUT2D eigenvalue weighted by atomic mass is 10.1. The van der Waals surface area contributed by atoms with Gasteiger partial charge in [0.05, 0.1) is 28.6 Å². The summed E-state index contributed by atoms with van der Waals surface area (Å²) in [4.78, 5) is 68.4. The Balaban J connectivity index is 1.46. The predicted octanol–water partition coefficient (Wildman–Crippen LogP) is 1.06. The molecule has 0 aliphatic carbocycles. The summed E-state index contributed by atoms with van der Waals surface area (Å²) in [7, 11) is 0. The highest BCUT2D eigenvalue weighted by Gasteiger charge is 2.35. The van der Waals surface area contributed by atoms with E-state index in [1.54, 1.807) is 6.20 Å². The first-order chi connectivity index (χ1) is 19.4. The number of aromatic nitrogens is 5. The Morgan fingerprint density at radius 3 is 2.46 bits per heavy atom. The van der Waals surface area contributed by atoms with Crippen LogP contribution >= 0.6 is 0 Å². The number of amides is 2. The van der Waals surface area contributed by atoms with Gasteiger partial charge in [0.1, 0.15) is 6.54 Å². The van der Waals surface area contributed by atoms with Crippen molar-refractivity contribution in [2.24, 2.45) is 0 Å². The number of fused-ring (bicyclic) bond motifs is 1. The van der Waals surface area contributed by atoms with Crippen molar-refractivity contribution in [1.82, 2.24) is 34.7 Å². The third-order valence-electron chi connectivity index (χ3n) is 6.06. The molecule has 0 spiro atoms. The van der Waals surface area contributed by atoms with Gasteiger partial charge >= 0.3 is 23.3 Å². The van der Waals surface area contributed by atoms with Gasteiger partial charge in [-0.05, 0) is 23.8 Å². The molecule has 0 atom stereocenters. The smallest absolute Gasteiger partial charge is 0.418 e. The number of rotatable bonds is 11. The van der Waals surface area contributed by atoms with Gasteiger partial charge in [-0.3, -0.25) is 28.5 Å². The molecule has 0 radical (unpaired) electrons. The average Bonchev–Trinajstić information content (AvgIpc) is 3.60. The van der Waals surface area contributed by atoms with Crippen molar-refractivity contribution in [3.05, 3.63) is 80.6 Å². The van der Waals surface area contributed by atoms with E-state index in [1.807, 2.05) is 0 Å². The molecule has 13 nitrogen and oxygen atoms in total. The summed E-state index contributed by atoms with van der Waals surface area (Å²) < 4.78 is 43.5. The first kappa shape index (κ1) is 28.8. The van der Waals surface area contributed by atoms with Crippen LogP contribution in [0.2, 0.25) is 0 Å². The van der Waals surface area contributed by atoms with Crippen molar-refractivity contribution in [2.45, 2.75) is 38.5 Å². The molecule has 16 heteroatoms. The molecule has 3 aromatic heterocycles. The fourth-order valence-corrected chi connectivity index (χ4v) is 4.10. The average molecular weight is 576 g/mol. The number of alkyl halides is 3. The van der Waals surface area contributed by atoms with E-state index in [0.29, 0.717) is 29.2 Å². The number of imidazole rings is 1. The zero-order chi connectivity index (χ0) is 29.7. The number of carboxylic acid groups (broad SMARTS) is 1. The van der Waals surface area contributed by atoms with Crippen LogP contribution in [0.1, 0.15) is 29.7 Å². The molecule has 0 aliphatic rings. The number of nitrogens with zero attached hydrogens (tertiary/aromatic N) is 3. The third-order valence-corrected chi connectivity index (χ3v) is 6.06. The minimum atomic E-state index is -4.87. The lowest BCUT2D eigenvalue weighted by Gasteiger charge is -2.17. The molecule has 4 rings (SSSR count). The fraction of sp³-hybridized carbons (Fsp3) is 0.280. The van der Waals surface area contributed by atoms with Crippen molar-refractivity contribution in [3.63, 3.8) is 0 Å². The van der Waals surface area contributed by atoms with Crippen molar-refractivity contribution in [1.29, 1.82) is 0 Å². The number of halogens is 3. The number of carbonyl (C=O) groups is 3. The van der Waals surface area contributed by atoms with E-state index in [1.165, 1.54) is 24.8 Å². The van der Waals surface area contributed by atoms with Gasteiger partial charge in [0, 0.05) is 56.6 Å². The maximum Gasteiger partial charge on any atom is 0.418 e. The summed E-state index contributed by atoms with van der Waals surface area (Å²) in [5, 5.41) is 14.4. The van der Waals surface area contributed by atoms with Gasteiger partial charge in [-0.15, -0.1) is 0 Å². The molecule has 4 aromatic rings. The molecule has 0 saturated heterocycles. The Morgan fingerprint density at radius 2 is 1.80 bits per heavy atom. The Labute approximate surface area is 228 Å². The molecule has 0 aliphatic heterocycles. The summed E-state index contributed by atoms with van der Waals surface area (Å²) in [6, 6.07) is 3.06. The molecular formula is C25H24F3N7O6. The largest absolute Gasteiger partial charge is 0.480 e. The zero-order valence-electron chi connectivity index (χ0n) is 21.2. The molecule has 41 heavy (non-hydrogen) atoms. The van der Waals surface area contributed by atoms with Crippen LogP contribution < -0.4 is 21.8 Å². The van der Waals surface area contributed by atoms with Gasteiger partial charge in [-0.25, -0.2) is 4.98 Å². The number of aromatic amines is 2. The number of carboxylic acids is 1. The Hall–Kier alpha value is -5.15. The highest BCUT2D eigenvalue weighted by Crippen LogP contribution is 2.36. The van der Waals surface area contributed by atoms with Gasteiger partial charge < -0.3 is 30.3 Å². The number of nitrogens with one attached hydrogen (secondary N) is 4. The van der Waals surface area contributed by atoms with Crippen LogP contribution in [0.25, 0.3) is 16.7 Å².